The zero-order valence-corrected chi connectivity index (χ0v) is 12.8. The zero-order chi connectivity index (χ0) is 14.6. The van der Waals surface area contributed by atoms with Crippen LogP contribution in [0.4, 0.5) is 0 Å². The van der Waals surface area contributed by atoms with E-state index in [1.165, 1.54) is 7.11 Å². The predicted octanol–water partition coefficient (Wildman–Crippen LogP) is 1.80. The van der Waals surface area contributed by atoms with Gasteiger partial charge in [0, 0.05) is 23.7 Å². The smallest absolute Gasteiger partial charge is 0.212 e. The van der Waals surface area contributed by atoms with Gasteiger partial charge in [0.1, 0.15) is 5.75 Å². The summed E-state index contributed by atoms with van der Waals surface area (Å²) in [5, 5.41) is 0.483. The lowest BCUT2D eigenvalue weighted by Crippen LogP contribution is -2.30. The lowest BCUT2D eigenvalue weighted by Gasteiger charge is -2.13. The minimum Gasteiger partial charge on any atom is -0.496 e. The predicted molar refractivity (Wildman–Crippen MR) is 77.6 cm³/mol. The molecular formula is C13H18ClNO4S. The molecule has 0 bridgehead atoms. The van der Waals surface area contributed by atoms with Gasteiger partial charge in [-0.3, -0.25) is 0 Å². The highest BCUT2D eigenvalue weighted by Crippen LogP contribution is 2.26. The van der Waals surface area contributed by atoms with E-state index in [1.54, 1.807) is 18.2 Å². The van der Waals surface area contributed by atoms with Crippen molar-refractivity contribution in [2.24, 2.45) is 5.92 Å². The summed E-state index contributed by atoms with van der Waals surface area (Å²) in [6, 6.07) is 5.22. The van der Waals surface area contributed by atoms with Gasteiger partial charge in [0.05, 0.1) is 19.5 Å². The molecule has 1 saturated heterocycles. The number of ether oxygens (including phenoxy) is 2. The van der Waals surface area contributed by atoms with Gasteiger partial charge >= 0.3 is 0 Å². The minimum absolute atomic E-state index is 0.0700. The van der Waals surface area contributed by atoms with Gasteiger partial charge < -0.3 is 9.47 Å². The molecule has 0 aromatic heterocycles. The number of halogens is 1. The van der Waals surface area contributed by atoms with Crippen molar-refractivity contribution in [2.75, 3.05) is 26.1 Å². The normalized spacial score (nSPS) is 19.2. The summed E-state index contributed by atoms with van der Waals surface area (Å²) in [5.74, 6) is 0.727. The minimum atomic E-state index is -3.35. The van der Waals surface area contributed by atoms with Crippen molar-refractivity contribution in [1.29, 1.82) is 0 Å². The fourth-order valence-electron chi connectivity index (χ4n) is 2.17. The van der Waals surface area contributed by atoms with Crippen molar-refractivity contribution in [3.05, 3.63) is 28.8 Å². The van der Waals surface area contributed by atoms with Crippen LogP contribution in [0.1, 0.15) is 12.0 Å². The second-order valence-corrected chi connectivity index (χ2v) is 7.01. The topological polar surface area (TPSA) is 64.6 Å². The highest BCUT2D eigenvalue weighted by molar-refractivity contribution is 7.89. The number of sulfonamides is 1. The fourth-order valence-corrected chi connectivity index (χ4v) is 3.77. The van der Waals surface area contributed by atoms with Crippen molar-refractivity contribution in [3.8, 4) is 5.75 Å². The van der Waals surface area contributed by atoms with Gasteiger partial charge in [-0.2, -0.15) is 0 Å². The molecule has 1 N–H and O–H groups in total. The van der Waals surface area contributed by atoms with Gasteiger partial charge in [-0.05, 0) is 24.5 Å². The summed E-state index contributed by atoms with van der Waals surface area (Å²) < 4.78 is 37.0. The van der Waals surface area contributed by atoms with Crippen LogP contribution in [0.15, 0.2) is 18.2 Å². The van der Waals surface area contributed by atoms with E-state index in [2.05, 4.69) is 4.72 Å². The SMILES string of the molecule is COc1cccc(Cl)c1CNS(=O)(=O)C[C@H]1CCOC1. The molecule has 112 valence electrons. The quantitative estimate of drug-likeness (QED) is 0.868. The van der Waals surface area contributed by atoms with E-state index in [-0.39, 0.29) is 18.2 Å². The fraction of sp³-hybridized carbons (Fsp3) is 0.538. The van der Waals surface area contributed by atoms with Gasteiger partial charge in [-0.15, -0.1) is 0 Å². The van der Waals surface area contributed by atoms with Crippen LogP contribution >= 0.6 is 11.6 Å². The van der Waals surface area contributed by atoms with Crippen LogP contribution < -0.4 is 9.46 Å². The lowest BCUT2D eigenvalue weighted by molar-refractivity contribution is 0.188. The molecule has 1 fully saturated rings. The molecule has 5 nitrogen and oxygen atoms in total. The van der Waals surface area contributed by atoms with Crippen molar-refractivity contribution < 1.29 is 17.9 Å². The molecule has 0 unspecified atom stereocenters. The van der Waals surface area contributed by atoms with Gasteiger partial charge in [0.25, 0.3) is 0 Å². The van der Waals surface area contributed by atoms with Crippen molar-refractivity contribution in [2.45, 2.75) is 13.0 Å². The van der Waals surface area contributed by atoms with E-state index >= 15 is 0 Å². The van der Waals surface area contributed by atoms with Crippen LogP contribution in [0.2, 0.25) is 5.02 Å². The zero-order valence-electron chi connectivity index (χ0n) is 11.3. The molecule has 1 aromatic carbocycles. The largest absolute Gasteiger partial charge is 0.496 e. The summed E-state index contributed by atoms with van der Waals surface area (Å²) in [5.41, 5.74) is 0.642. The third-order valence-electron chi connectivity index (χ3n) is 3.24. The standard InChI is InChI=1S/C13H18ClNO4S/c1-18-13-4-2-3-12(14)11(13)7-15-20(16,17)9-10-5-6-19-8-10/h2-4,10,15H,5-9H2,1H3/t10-/m0/s1. The first kappa shape index (κ1) is 15.6. The molecule has 0 spiro atoms. The Kier molecular flexibility index (Phi) is 5.26. The van der Waals surface area contributed by atoms with E-state index in [9.17, 15) is 8.42 Å². The molecule has 20 heavy (non-hydrogen) atoms. The van der Waals surface area contributed by atoms with Gasteiger partial charge in [-0.25, -0.2) is 13.1 Å². The Balaban J connectivity index is 2.00. The first-order chi connectivity index (χ1) is 9.52. The number of hydrogen-bond donors (Lipinski definition) is 1. The average molecular weight is 320 g/mol. The molecule has 0 aliphatic carbocycles. The average Bonchev–Trinajstić information content (AvgIpc) is 2.89. The summed E-state index contributed by atoms with van der Waals surface area (Å²) in [4.78, 5) is 0. The Morgan fingerprint density at radius 3 is 2.95 bits per heavy atom. The molecule has 1 aliphatic heterocycles. The third-order valence-corrected chi connectivity index (χ3v) is 5.09. The maximum atomic E-state index is 12.0. The van der Waals surface area contributed by atoms with Crippen LogP contribution in [0.3, 0.4) is 0 Å². The number of hydrogen-bond acceptors (Lipinski definition) is 4. The van der Waals surface area contributed by atoms with Crippen LogP contribution in [-0.2, 0) is 21.3 Å². The van der Waals surface area contributed by atoms with Crippen LogP contribution in [0.5, 0.6) is 5.75 Å². The Bertz CT molecular complexity index is 555. The van der Waals surface area contributed by atoms with Crippen LogP contribution in [-0.4, -0.2) is 34.5 Å². The van der Waals surface area contributed by atoms with Crippen molar-refractivity contribution in [1.82, 2.24) is 4.72 Å². The van der Waals surface area contributed by atoms with E-state index in [0.29, 0.717) is 29.5 Å². The number of benzene rings is 1. The Morgan fingerprint density at radius 1 is 1.50 bits per heavy atom. The van der Waals surface area contributed by atoms with Gasteiger partial charge in [0.15, 0.2) is 0 Å². The van der Waals surface area contributed by atoms with Gasteiger partial charge in [-0.1, -0.05) is 17.7 Å². The summed E-state index contributed by atoms with van der Waals surface area (Å²) in [7, 11) is -1.82. The van der Waals surface area contributed by atoms with E-state index in [4.69, 9.17) is 21.1 Å². The molecule has 0 amide bonds. The summed E-state index contributed by atoms with van der Waals surface area (Å²) in [6.45, 7) is 1.27. The van der Waals surface area contributed by atoms with E-state index in [1.807, 2.05) is 0 Å². The maximum Gasteiger partial charge on any atom is 0.212 e. The van der Waals surface area contributed by atoms with E-state index < -0.39 is 10.0 Å². The monoisotopic (exact) mass is 319 g/mol. The summed E-state index contributed by atoms with van der Waals surface area (Å²) >= 11 is 6.07. The van der Waals surface area contributed by atoms with Crippen molar-refractivity contribution >= 4 is 21.6 Å². The number of rotatable bonds is 6. The highest BCUT2D eigenvalue weighted by atomic mass is 35.5. The Labute approximate surface area is 124 Å². The molecule has 0 radical (unpaired) electrons. The molecule has 2 rings (SSSR count). The molecule has 0 saturated carbocycles. The second kappa shape index (κ2) is 6.76. The molecule has 7 heteroatoms. The van der Waals surface area contributed by atoms with E-state index in [0.717, 1.165) is 6.42 Å². The van der Waals surface area contributed by atoms with Crippen LogP contribution in [0.25, 0.3) is 0 Å². The molecule has 1 aliphatic rings. The molecular weight excluding hydrogens is 302 g/mol. The first-order valence-electron chi connectivity index (χ1n) is 6.38. The van der Waals surface area contributed by atoms with Gasteiger partial charge in [0.2, 0.25) is 10.0 Å². The van der Waals surface area contributed by atoms with Crippen molar-refractivity contribution in [3.63, 3.8) is 0 Å². The molecule has 1 aromatic rings. The summed E-state index contributed by atoms with van der Waals surface area (Å²) in [6.07, 6.45) is 0.788. The lowest BCUT2D eigenvalue weighted by atomic mass is 10.2. The second-order valence-electron chi connectivity index (χ2n) is 4.75. The maximum absolute atomic E-state index is 12.0. The highest BCUT2D eigenvalue weighted by Gasteiger charge is 2.23. The number of nitrogens with one attached hydrogen (secondary N) is 1. The molecule has 1 heterocycles. The Morgan fingerprint density at radius 2 is 2.30 bits per heavy atom. The third kappa shape index (κ3) is 4.09. The van der Waals surface area contributed by atoms with Crippen LogP contribution in [0, 0.1) is 5.92 Å². The number of methoxy groups -OCH3 is 1. The first-order valence-corrected chi connectivity index (χ1v) is 8.41. The Hall–Kier alpha value is -0.820. The molecule has 1 atom stereocenters.